The molecule has 0 unspecified atom stereocenters. The lowest BCUT2D eigenvalue weighted by Crippen LogP contribution is -2.37. The first kappa shape index (κ1) is 24.0. The van der Waals surface area contributed by atoms with Crippen molar-refractivity contribution in [3.63, 3.8) is 0 Å². The number of nitrogens with zero attached hydrogens (tertiary/aromatic N) is 1. The minimum Gasteiger partial charge on any atom is -0.349 e. The molecule has 3 amide bonds. The third-order valence-electron chi connectivity index (χ3n) is 5.17. The third-order valence-corrected chi connectivity index (χ3v) is 5.91. The highest BCUT2D eigenvalue weighted by atomic mass is 35.5. The average Bonchev–Trinajstić information content (AvgIpc) is 3.23. The van der Waals surface area contributed by atoms with Crippen molar-refractivity contribution in [1.29, 1.82) is 0 Å². The topological polar surface area (TPSA) is 90.5 Å². The molecular weight excluding hydrogens is 451 g/mol. The summed E-state index contributed by atoms with van der Waals surface area (Å²) in [5.41, 5.74) is 1.39. The van der Waals surface area contributed by atoms with Crippen LogP contribution in [0.4, 0.5) is 11.4 Å². The first-order valence-corrected chi connectivity index (χ1v) is 11.2. The lowest BCUT2D eigenvalue weighted by Gasteiger charge is -2.18. The summed E-state index contributed by atoms with van der Waals surface area (Å²) >= 11 is 11.8. The monoisotopic (exact) mass is 476 g/mol. The van der Waals surface area contributed by atoms with Gasteiger partial charge in [0.2, 0.25) is 11.8 Å². The standard InChI is InChI=1S/C23H26Cl2N4O3/c1-29(13-21(30)26-16-10-11-18(24)19(25)12-16)14-22(31)28-20-9-5-4-8-17(20)23(32)27-15-6-2-3-7-15/h4-5,8-12,15H,2-3,6-7,13-14H2,1H3,(H,26,30)(H,27,32)(H,28,31). The molecule has 170 valence electrons. The summed E-state index contributed by atoms with van der Waals surface area (Å²) in [6.45, 7) is -0.0230. The molecule has 1 fully saturated rings. The van der Waals surface area contributed by atoms with Crippen LogP contribution < -0.4 is 16.0 Å². The highest BCUT2D eigenvalue weighted by Gasteiger charge is 2.20. The molecule has 0 aliphatic heterocycles. The summed E-state index contributed by atoms with van der Waals surface area (Å²) in [7, 11) is 1.66. The maximum atomic E-state index is 12.6. The van der Waals surface area contributed by atoms with Gasteiger partial charge in [0.1, 0.15) is 0 Å². The van der Waals surface area contributed by atoms with E-state index in [1.54, 1.807) is 54.4 Å². The number of anilines is 2. The van der Waals surface area contributed by atoms with E-state index in [9.17, 15) is 14.4 Å². The summed E-state index contributed by atoms with van der Waals surface area (Å²) in [4.78, 5) is 39.0. The fourth-order valence-electron chi connectivity index (χ4n) is 3.63. The van der Waals surface area contributed by atoms with Crippen LogP contribution in [0.2, 0.25) is 10.0 Å². The van der Waals surface area contributed by atoms with Gasteiger partial charge in [0.25, 0.3) is 5.91 Å². The van der Waals surface area contributed by atoms with Crippen LogP contribution in [0, 0.1) is 0 Å². The van der Waals surface area contributed by atoms with Gasteiger partial charge in [-0.1, -0.05) is 48.2 Å². The van der Waals surface area contributed by atoms with Crippen LogP contribution in [0.5, 0.6) is 0 Å². The Morgan fingerprint density at radius 2 is 1.59 bits per heavy atom. The van der Waals surface area contributed by atoms with Crippen LogP contribution in [-0.4, -0.2) is 48.8 Å². The van der Waals surface area contributed by atoms with Gasteiger partial charge in [0.15, 0.2) is 0 Å². The molecule has 3 N–H and O–H groups in total. The lowest BCUT2D eigenvalue weighted by atomic mass is 10.1. The zero-order valence-electron chi connectivity index (χ0n) is 17.8. The summed E-state index contributed by atoms with van der Waals surface area (Å²) in [6.07, 6.45) is 4.20. The lowest BCUT2D eigenvalue weighted by molar-refractivity contribution is -0.119. The highest BCUT2D eigenvalue weighted by Crippen LogP contribution is 2.25. The van der Waals surface area contributed by atoms with E-state index in [0.29, 0.717) is 27.0 Å². The number of carbonyl (C=O) groups excluding carboxylic acids is 3. The Morgan fingerprint density at radius 3 is 2.28 bits per heavy atom. The fourth-order valence-corrected chi connectivity index (χ4v) is 3.93. The number of carbonyl (C=O) groups is 3. The Morgan fingerprint density at radius 1 is 0.938 bits per heavy atom. The average molecular weight is 477 g/mol. The molecule has 9 heteroatoms. The molecule has 0 radical (unpaired) electrons. The maximum absolute atomic E-state index is 12.6. The molecule has 0 saturated heterocycles. The SMILES string of the molecule is CN(CC(=O)Nc1ccc(Cl)c(Cl)c1)CC(=O)Nc1ccccc1C(=O)NC1CCCC1. The number of hydrogen-bond donors (Lipinski definition) is 3. The molecule has 2 aromatic rings. The number of para-hydroxylation sites is 1. The summed E-state index contributed by atoms with van der Waals surface area (Å²) in [6, 6.07) is 11.9. The normalized spacial score (nSPS) is 13.8. The smallest absolute Gasteiger partial charge is 0.253 e. The van der Waals surface area contributed by atoms with Gasteiger partial charge in [0.05, 0.1) is 34.4 Å². The van der Waals surface area contributed by atoms with Crippen molar-refractivity contribution in [2.75, 3.05) is 30.8 Å². The van der Waals surface area contributed by atoms with Gasteiger partial charge in [-0.2, -0.15) is 0 Å². The van der Waals surface area contributed by atoms with E-state index >= 15 is 0 Å². The van der Waals surface area contributed by atoms with Crippen molar-refractivity contribution >= 4 is 52.3 Å². The fraction of sp³-hybridized carbons (Fsp3) is 0.348. The molecule has 0 bridgehead atoms. The summed E-state index contributed by atoms with van der Waals surface area (Å²) in [5, 5.41) is 9.27. The first-order valence-electron chi connectivity index (χ1n) is 10.4. The number of rotatable bonds is 8. The van der Waals surface area contributed by atoms with E-state index in [1.165, 1.54) is 0 Å². The largest absolute Gasteiger partial charge is 0.349 e. The van der Waals surface area contributed by atoms with Crippen molar-refractivity contribution in [3.8, 4) is 0 Å². The van der Waals surface area contributed by atoms with Crippen molar-refractivity contribution < 1.29 is 14.4 Å². The van der Waals surface area contributed by atoms with Crippen molar-refractivity contribution in [2.45, 2.75) is 31.7 Å². The van der Waals surface area contributed by atoms with E-state index in [4.69, 9.17) is 23.2 Å². The van der Waals surface area contributed by atoms with Gasteiger partial charge < -0.3 is 16.0 Å². The van der Waals surface area contributed by atoms with Crippen molar-refractivity contribution in [2.24, 2.45) is 0 Å². The predicted octanol–water partition coefficient (Wildman–Crippen LogP) is 4.17. The molecule has 2 aromatic carbocycles. The molecule has 1 saturated carbocycles. The number of hydrogen-bond acceptors (Lipinski definition) is 4. The van der Waals surface area contributed by atoms with E-state index in [1.807, 2.05) is 0 Å². The van der Waals surface area contributed by atoms with Gasteiger partial charge in [0, 0.05) is 11.7 Å². The molecule has 1 aliphatic rings. The van der Waals surface area contributed by atoms with Gasteiger partial charge in [-0.05, 0) is 50.2 Å². The number of amides is 3. The van der Waals surface area contributed by atoms with E-state index in [2.05, 4.69) is 16.0 Å². The molecule has 0 spiro atoms. The Hall–Kier alpha value is -2.61. The number of nitrogens with one attached hydrogen (secondary N) is 3. The van der Waals surface area contributed by atoms with E-state index < -0.39 is 0 Å². The van der Waals surface area contributed by atoms with Crippen LogP contribution in [0.3, 0.4) is 0 Å². The molecule has 3 rings (SSSR count). The van der Waals surface area contributed by atoms with Crippen molar-refractivity contribution in [3.05, 3.63) is 58.1 Å². The third kappa shape index (κ3) is 6.95. The number of benzene rings is 2. The van der Waals surface area contributed by atoms with Crippen LogP contribution in [0.1, 0.15) is 36.0 Å². The molecule has 1 aliphatic carbocycles. The molecule has 7 nitrogen and oxygen atoms in total. The van der Waals surface area contributed by atoms with Gasteiger partial charge >= 0.3 is 0 Å². The van der Waals surface area contributed by atoms with E-state index in [0.717, 1.165) is 25.7 Å². The Kier molecular flexibility index (Phi) is 8.50. The van der Waals surface area contributed by atoms with Crippen LogP contribution in [0.15, 0.2) is 42.5 Å². The molecule has 0 heterocycles. The highest BCUT2D eigenvalue weighted by molar-refractivity contribution is 6.42. The molecular formula is C23H26Cl2N4O3. The Labute approximate surface area is 197 Å². The summed E-state index contributed by atoms with van der Waals surface area (Å²) in [5.74, 6) is -0.812. The Bertz CT molecular complexity index is 993. The van der Waals surface area contributed by atoms with Crippen LogP contribution >= 0.6 is 23.2 Å². The minimum absolute atomic E-state index is 0.00250. The van der Waals surface area contributed by atoms with Crippen molar-refractivity contribution in [1.82, 2.24) is 10.2 Å². The van der Waals surface area contributed by atoms with Crippen LogP contribution in [-0.2, 0) is 9.59 Å². The minimum atomic E-state index is -0.323. The predicted molar refractivity (Wildman–Crippen MR) is 127 cm³/mol. The van der Waals surface area contributed by atoms with Gasteiger partial charge in [-0.3, -0.25) is 19.3 Å². The number of halogens is 2. The second-order valence-corrected chi connectivity index (χ2v) is 8.71. The summed E-state index contributed by atoms with van der Waals surface area (Å²) < 4.78 is 0. The quantitative estimate of drug-likeness (QED) is 0.532. The molecule has 32 heavy (non-hydrogen) atoms. The van der Waals surface area contributed by atoms with Crippen LogP contribution in [0.25, 0.3) is 0 Å². The Balaban J connectivity index is 1.52. The molecule has 0 atom stereocenters. The zero-order chi connectivity index (χ0) is 23.1. The first-order chi connectivity index (χ1) is 15.3. The van der Waals surface area contributed by atoms with E-state index in [-0.39, 0.29) is 36.9 Å². The van der Waals surface area contributed by atoms with Gasteiger partial charge in [-0.25, -0.2) is 0 Å². The number of likely N-dealkylation sites (N-methyl/N-ethyl adjacent to an activating group) is 1. The van der Waals surface area contributed by atoms with Gasteiger partial charge in [-0.15, -0.1) is 0 Å². The second kappa shape index (κ2) is 11.3. The maximum Gasteiger partial charge on any atom is 0.253 e. The zero-order valence-corrected chi connectivity index (χ0v) is 19.3. The second-order valence-electron chi connectivity index (χ2n) is 7.90. The molecule has 0 aromatic heterocycles.